The minimum Gasteiger partial charge on any atom is -0.374 e. The molecular formula is C10H21N3O. The largest absolute Gasteiger partial charge is 0.374 e. The van der Waals surface area contributed by atoms with Crippen LogP contribution in [0.15, 0.2) is 4.99 Å². The number of hydrogen-bond donors (Lipinski definition) is 2. The van der Waals surface area contributed by atoms with Crippen LogP contribution in [0.1, 0.15) is 39.0 Å². The fraction of sp³-hybridized carbons (Fsp3) is 0.900. The third-order valence-electron chi connectivity index (χ3n) is 2.78. The Hall–Kier alpha value is -0.610. The van der Waals surface area contributed by atoms with Crippen LogP contribution in [0.3, 0.4) is 0 Å². The van der Waals surface area contributed by atoms with Gasteiger partial charge >= 0.3 is 0 Å². The predicted molar refractivity (Wildman–Crippen MR) is 58.1 cm³/mol. The molecule has 1 aliphatic rings. The summed E-state index contributed by atoms with van der Waals surface area (Å²) in [6, 6.07) is 0.437. The van der Waals surface area contributed by atoms with Crippen molar-refractivity contribution in [3.63, 3.8) is 0 Å². The van der Waals surface area contributed by atoms with Crippen LogP contribution < -0.4 is 11.3 Å². The molecule has 1 atom stereocenters. The van der Waals surface area contributed by atoms with Crippen molar-refractivity contribution in [3.05, 3.63) is 0 Å². The Morgan fingerprint density at radius 1 is 1.43 bits per heavy atom. The molecule has 1 rings (SSSR count). The maximum absolute atomic E-state index is 5.41. The van der Waals surface area contributed by atoms with Crippen LogP contribution in [-0.4, -0.2) is 25.1 Å². The molecule has 0 bridgehead atoms. The number of methoxy groups -OCH3 is 1. The van der Waals surface area contributed by atoms with Gasteiger partial charge in [-0.1, -0.05) is 19.3 Å². The van der Waals surface area contributed by atoms with Crippen molar-refractivity contribution in [1.29, 1.82) is 0 Å². The van der Waals surface area contributed by atoms with Gasteiger partial charge in [0.2, 0.25) is 0 Å². The first-order valence-corrected chi connectivity index (χ1v) is 5.35. The number of hydrogen-bond acceptors (Lipinski definition) is 3. The van der Waals surface area contributed by atoms with Crippen LogP contribution in [0, 0.1) is 0 Å². The Kier molecular flexibility index (Phi) is 4.90. The lowest BCUT2D eigenvalue weighted by Crippen LogP contribution is -2.40. The third-order valence-corrected chi connectivity index (χ3v) is 2.78. The third kappa shape index (κ3) is 3.27. The molecule has 0 aromatic rings. The van der Waals surface area contributed by atoms with Crippen molar-refractivity contribution in [1.82, 2.24) is 5.43 Å². The topological polar surface area (TPSA) is 59.6 Å². The van der Waals surface area contributed by atoms with E-state index in [9.17, 15) is 0 Å². The Bertz CT molecular complexity index is 188. The Labute approximate surface area is 85.9 Å². The van der Waals surface area contributed by atoms with Crippen LogP contribution in [0.4, 0.5) is 0 Å². The predicted octanol–water partition coefficient (Wildman–Crippen LogP) is 1.22. The summed E-state index contributed by atoms with van der Waals surface area (Å²) in [6.45, 7) is 1.95. The molecule has 0 aromatic carbocycles. The summed E-state index contributed by atoms with van der Waals surface area (Å²) < 4.78 is 5.17. The summed E-state index contributed by atoms with van der Waals surface area (Å²) in [5.74, 6) is 6.17. The number of hydrazine groups is 1. The minimum atomic E-state index is -0.0399. The molecule has 1 saturated carbocycles. The molecule has 0 amide bonds. The van der Waals surface area contributed by atoms with E-state index in [0.29, 0.717) is 6.04 Å². The summed E-state index contributed by atoms with van der Waals surface area (Å²) in [6.07, 6.45) is 6.24. The van der Waals surface area contributed by atoms with Crippen LogP contribution in [0.5, 0.6) is 0 Å². The van der Waals surface area contributed by atoms with Gasteiger partial charge in [0.1, 0.15) is 11.9 Å². The van der Waals surface area contributed by atoms with Crippen molar-refractivity contribution in [3.8, 4) is 0 Å². The highest BCUT2D eigenvalue weighted by atomic mass is 16.5. The van der Waals surface area contributed by atoms with Gasteiger partial charge in [-0.05, 0) is 19.8 Å². The molecule has 14 heavy (non-hydrogen) atoms. The molecule has 1 unspecified atom stereocenters. The number of ether oxygens (including phenoxy) is 1. The van der Waals surface area contributed by atoms with Gasteiger partial charge in [-0.2, -0.15) is 0 Å². The first-order valence-electron chi connectivity index (χ1n) is 5.35. The van der Waals surface area contributed by atoms with Crippen molar-refractivity contribution in [2.24, 2.45) is 10.8 Å². The summed E-state index contributed by atoms with van der Waals surface area (Å²) in [5.41, 5.74) is 2.63. The van der Waals surface area contributed by atoms with Gasteiger partial charge in [0, 0.05) is 7.11 Å². The zero-order valence-corrected chi connectivity index (χ0v) is 9.12. The summed E-state index contributed by atoms with van der Waals surface area (Å²) in [5, 5.41) is 0. The lowest BCUT2D eigenvalue weighted by Gasteiger charge is -2.20. The normalized spacial score (nSPS) is 22.1. The van der Waals surface area contributed by atoms with Crippen molar-refractivity contribution < 1.29 is 4.74 Å². The molecule has 4 heteroatoms. The average molecular weight is 199 g/mol. The van der Waals surface area contributed by atoms with E-state index in [4.69, 9.17) is 10.6 Å². The smallest absolute Gasteiger partial charge is 0.140 e. The second kappa shape index (κ2) is 5.98. The molecule has 1 fully saturated rings. The van der Waals surface area contributed by atoms with E-state index in [0.717, 1.165) is 5.84 Å². The molecular weight excluding hydrogens is 178 g/mol. The maximum Gasteiger partial charge on any atom is 0.140 e. The number of nitrogens with zero attached hydrogens (tertiary/aromatic N) is 1. The molecule has 0 saturated heterocycles. The number of nitrogens with two attached hydrogens (primary N) is 1. The maximum atomic E-state index is 5.41. The summed E-state index contributed by atoms with van der Waals surface area (Å²) >= 11 is 0. The zero-order chi connectivity index (χ0) is 10.4. The monoisotopic (exact) mass is 199 g/mol. The quantitative estimate of drug-likeness (QED) is 0.311. The van der Waals surface area contributed by atoms with Crippen molar-refractivity contribution in [2.45, 2.75) is 51.2 Å². The zero-order valence-electron chi connectivity index (χ0n) is 9.12. The van der Waals surface area contributed by atoms with Crippen molar-refractivity contribution >= 4 is 5.84 Å². The van der Waals surface area contributed by atoms with E-state index < -0.39 is 0 Å². The standard InChI is InChI=1S/C10H21N3O/c1-8(14-2)10(13-11)12-9-6-4-3-5-7-9/h8-9H,3-7,11H2,1-2H3,(H,12,13). The van der Waals surface area contributed by atoms with E-state index in [1.807, 2.05) is 6.92 Å². The first kappa shape index (κ1) is 11.5. The van der Waals surface area contributed by atoms with Crippen molar-refractivity contribution in [2.75, 3.05) is 7.11 Å². The molecule has 0 aromatic heterocycles. The van der Waals surface area contributed by atoms with E-state index in [-0.39, 0.29) is 6.10 Å². The Morgan fingerprint density at radius 2 is 2.07 bits per heavy atom. The minimum absolute atomic E-state index is 0.0399. The van der Waals surface area contributed by atoms with Gasteiger partial charge in [0.25, 0.3) is 0 Å². The second-order valence-corrected chi connectivity index (χ2v) is 3.83. The van der Waals surface area contributed by atoms with Crippen LogP contribution >= 0.6 is 0 Å². The van der Waals surface area contributed by atoms with Crippen LogP contribution in [0.25, 0.3) is 0 Å². The van der Waals surface area contributed by atoms with Gasteiger partial charge < -0.3 is 10.2 Å². The molecule has 0 aliphatic heterocycles. The van der Waals surface area contributed by atoms with E-state index >= 15 is 0 Å². The molecule has 0 spiro atoms. The van der Waals surface area contributed by atoms with Gasteiger partial charge in [-0.25, -0.2) is 5.84 Å². The molecule has 4 nitrogen and oxygen atoms in total. The van der Waals surface area contributed by atoms with Crippen LogP contribution in [-0.2, 0) is 4.74 Å². The van der Waals surface area contributed by atoms with E-state index in [1.165, 1.54) is 32.1 Å². The second-order valence-electron chi connectivity index (χ2n) is 3.83. The highest BCUT2D eigenvalue weighted by Crippen LogP contribution is 2.20. The SMILES string of the molecule is COC(C)C(=NC1CCCCC1)NN. The highest BCUT2D eigenvalue weighted by Gasteiger charge is 2.15. The van der Waals surface area contributed by atoms with Gasteiger partial charge in [-0.3, -0.25) is 4.99 Å². The molecule has 0 radical (unpaired) electrons. The van der Waals surface area contributed by atoms with E-state index in [2.05, 4.69) is 10.4 Å². The molecule has 3 N–H and O–H groups in total. The lowest BCUT2D eigenvalue weighted by molar-refractivity contribution is 0.167. The number of nitrogens with one attached hydrogen (secondary N) is 1. The molecule has 1 aliphatic carbocycles. The van der Waals surface area contributed by atoms with Crippen LogP contribution in [0.2, 0.25) is 0 Å². The number of amidine groups is 1. The Balaban J connectivity index is 2.52. The lowest BCUT2D eigenvalue weighted by atomic mass is 9.96. The summed E-state index contributed by atoms with van der Waals surface area (Å²) in [4.78, 5) is 4.58. The number of aliphatic imine (C=N–C) groups is 1. The summed E-state index contributed by atoms with van der Waals surface area (Å²) in [7, 11) is 1.67. The van der Waals surface area contributed by atoms with Gasteiger partial charge in [-0.15, -0.1) is 0 Å². The molecule has 0 heterocycles. The Morgan fingerprint density at radius 3 is 2.57 bits per heavy atom. The average Bonchev–Trinajstić information content (AvgIpc) is 2.26. The fourth-order valence-electron chi connectivity index (χ4n) is 1.78. The van der Waals surface area contributed by atoms with E-state index in [1.54, 1.807) is 7.11 Å². The fourth-order valence-corrected chi connectivity index (χ4v) is 1.78. The molecule has 82 valence electrons. The first-order chi connectivity index (χ1) is 6.77. The van der Waals surface area contributed by atoms with Gasteiger partial charge in [0.05, 0.1) is 6.04 Å². The highest BCUT2D eigenvalue weighted by molar-refractivity contribution is 5.85. The van der Waals surface area contributed by atoms with Gasteiger partial charge in [0.15, 0.2) is 0 Å². The number of rotatable bonds is 3.